The number of hydrogen-bond acceptors (Lipinski definition) is 1. The zero-order valence-electron chi connectivity index (χ0n) is 10.8. The third kappa shape index (κ3) is 5.57. The summed E-state index contributed by atoms with van der Waals surface area (Å²) in [6, 6.07) is 0. The summed E-state index contributed by atoms with van der Waals surface area (Å²) in [7, 11) is 2.00. The zero-order chi connectivity index (χ0) is 13.1. The van der Waals surface area contributed by atoms with Crippen LogP contribution in [0, 0.1) is 0 Å². The lowest BCUT2D eigenvalue weighted by atomic mass is 10.2. The molecule has 0 aliphatic heterocycles. The minimum Gasteiger partial charge on any atom is -0.345 e. The van der Waals surface area contributed by atoms with Crippen molar-refractivity contribution in [1.29, 1.82) is 0 Å². The van der Waals surface area contributed by atoms with Gasteiger partial charge in [0, 0.05) is 18.4 Å². The van der Waals surface area contributed by atoms with E-state index >= 15 is 0 Å². The van der Waals surface area contributed by atoms with Crippen molar-refractivity contribution in [3.8, 4) is 0 Å². The van der Waals surface area contributed by atoms with Gasteiger partial charge in [-0.3, -0.25) is 0 Å². The van der Waals surface area contributed by atoms with Crippen LogP contribution < -0.4 is 0 Å². The number of allylic oxidation sites excluding steroid dienone is 9. The van der Waals surface area contributed by atoms with Gasteiger partial charge in [0.2, 0.25) is 0 Å². The molecule has 0 saturated heterocycles. The van der Waals surface area contributed by atoms with Crippen LogP contribution >= 0.6 is 0 Å². The Kier molecular flexibility index (Phi) is 8.13. The average molecular weight is 227 g/mol. The molecule has 0 unspecified atom stereocenters. The summed E-state index contributed by atoms with van der Waals surface area (Å²) in [5, 5.41) is 0. The predicted molar refractivity (Wildman–Crippen MR) is 78.5 cm³/mol. The van der Waals surface area contributed by atoms with Crippen molar-refractivity contribution in [2.45, 2.75) is 6.92 Å². The van der Waals surface area contributed by atoms with Crippen LogP contribution in [0.1, 0.15) is 6.92 Å². The van der Waals surface area contributed by atoms with Crippen LogP contribution in [0.15, 0.2) is 85.8 Å². The van der Waals surface area contributed by atoms with Gasteiger partial charge in [0.15, 0.2) is 0 Å². The first kappa shape index (κ1) is 15.0. The van der Waals surface area contributed by atoms with Crippen LogP contribution in [-0.2, 0) is 0 Å². The molecule has 0 bridgehead atoms. The summed E-state index contributed by atoms with van der Waals surface area (Å²) in [5.74, 6) is 0. The number of rotatable bonds is 7. The van der Waals surface area contributed by atoms with Crippen molar-refractivity contribution in [3.63, 3.8) is 0 Å². The summed E-state index contributed by atoms with van der Waals surface area (Å²) in [6.07, 6.45) is 17.1. The Morgan fingerprint density at radius 1 is 0.882 bits per heavy atom. The summed E-state index contributed by atoms with van der Waals surface area (Å²) in [5.41, 5.74) is 2.09. The Hall–Kier alpha value is -2.02. The fourth-order valence-electron chi connectivity index (χ4n) is 1.29. The topological polar surface area (TPSA) is 3.24 Å². The van der Waals surface area contributed by atoms with Gasteiger partial charge in [-0.2, -0.15) is 0 Å². The smallest absolute Gasteiger partial charge is 0.0407 e. The summed E-state index contributed by atoms with van der Waals surface area (Å²) < 4.78 is 0. The molecule has 0 heterocycles. The van der Waals surface area contributed by atoms with Gasteiger partial charge in [-0.15, -0.1) is 0 Å². The molecule has 0 aromatic carbocycles. The molecule has 0 aliphatic carbocycles. The van der Waals surface area contributed by atoms with Gasteiger partial charge >= 0.3 is 0 Å². The van der Waals surface area contributed by atoms with Crippen molar-refractivity contribution < 1.29 is 0 Å². The van der Waals surface area contributed by atoms with Gasteiger partial charge < -0.3 is 4.90 Å². The normalized spacial score (nSPS) is 13.1. The highest BCUT2D eigenvalue weighted by Gasteiger charge is 2.03. The van der Waals surface area contributed by atoms with Crippen LogP contribution in [0.4, 0.5) is 0 Å². The quantitative estimate of drug-likeness (QED) is 0.583. The van der Waals surface area contributed by atoms with E-state index in [1.807, 2.05) is 50.4 Å². The van der Waals surface area contributed by atoms with E-state index in [0.29, 0.717) is 0 Å². The van der Waals surface area contributed by atoms with Crippen molar-refractivity contribution in [3.05, 3.63) is 85.8 Å². The Labute approximate surface area is 105 Å². The van der Waals surface area contributed by atoms with E-state index in [1.165, 1.54) is 0 Å². The highest BCUT2D eigenvalue weighted by Crippen LogP contribution is 2.13. The van der Waals surface area contributed by atoms with E-state index in [9.17, 15) is 0 Å². The maximum Gasteiger partial charge on any atom is 0.0407 e. The van der Waals surface area contributed by atoms with Crippen LogP contribution in [0.5, 0.6) is 0 Å². The second-order valence-corrected chi connectivity index (χ2v) is 3.31. The van der Waals surface area contributed by atoms with Gasteiger partial charge in [0.1, 0.15) is 0 Å². The molecule has 0 radical (unpaired) electrons. The second kappa shape index (κ2) is 9.22. The molecule has 0 rings (SSSR count). The van der Waals surface area contributed by atoms with Gasteiger partial charge in [-0.1, -0.05) is 50.1 Å². The minimum absolute atomic E-state index is 1.03. The lowest BCUT2D eigenvalue weighted by Gasteiger charge is -2.21. The van der Waals surface area contributed by atoms with Gasteiger partial charge in [-0.25, -0.2) is 0 Å². The lowest BCUT2D eigenvalue weighted by Crippen LogP contribution is -2.14. The third-order valence-corrected chi connectivity index (χ3v) is 2.09. The Bertz CT molecular complexity index is 378. The fraction of sp³-hybridized carbons (Fsp3) is 0.125. The third-order valence-electron chi connectivity index (χ3n) is 2.09. The molecule has 90 valence electrons. The van der Waals surface area contributed by atoms with Crippen LogP contribution in [0.3, 0.4) is 0 Å². The van der Waals surface area contributed by atoms with E-state index < -0.39 is 0 Å². The maximum atomic E-state index is 3.72. The minimum atomic E-state index is 1.03. The van der Waals surface area contributed by atoms with E-state index in [0.717, 1.165) is 11.4 Å². The average Bonchev–Trinajstić information content (AvgIpc) is 2.33. The maximum absolute atomic E-state index is 3.72. The molecule has 0 aromatic heterocycles. The lowest BCUT2D eigenvalue weighted by molar-refractivity contribution is 0.554. The van der Waals surface area contributed by atoms with E-state index in [-0.39, 0.29) is 0 Å². The number of nitrogens with zero attached hydrogens (tertiary/aromatic N) is 1. The van der Waals surface area contributed by atoms with Gasteiger partial charge in [0.05, 0.1) is 0 Å². The molecule has 0 atom stereocenters. The first-order valence-corrected chi connectivity index (χ1v) is 5.52. The fourth-order valence-corrected chi connectivity index (χ4v) is 1.29. The zero-order valence-corrected chi connectivity index (χ0v) is 10.8. The van der Waals surface area contributed by atoms with Crippen LogP contribution in [0.2, 0.25) is 0 Å². The molecular weight excluding hydrogens is 206 g/mol. The summed E-state index contributed by atoms with van der Waals surface area (Å²) >= 11 is 0. The molecule has 0 spiro atoms. The molecule has 0 aromatic rings. The molecule has 17 heavy (non-hydrogen) atoms. The Morgan fingerprint density at radius 2 is 1.41 bits per heavy atom. The van der Waals surface area contributed by atoms with Crippen molar-refractivity contribution in [2.75, 3.05) is 7.05 Å². The number of hydrogen-bond donors (Lipinski definition) is 0. The van der Waals surface area contributed by atoms with E-state index in [4.69, 9.17) is 0 Å². The van der Waals surface area contributed by atoms with Crippen molar-refractivity contribution in [2.24, 2.45) is 0 Å². The molecule has 0 N–H and O–H groups in total. The van der Waals surface area contributed by atoms with E-state index in [1.54, 1.807) is 18.2 Å². The molecule has 1 heteroatoms. The first-order valence-electron chi connectivity index (χ1n) is 5.52. The highest BCUT2D eigenvalue weighted by molar-refractivity contribution is 5.32. The van der Waals surface area contributed by atoms with E-state index in [2.05, 4.69) is 24.6 Å². The summed E-state index contributed by atoms with van der Waals surface area (Å²) in [6.45, 7) is 13.1. The molecule has 0 saturated carbocycles. The molecule has 1 nitrogen and oxygen atoms in total. The highest BCUT2D eigenvalue weighted by atomic mass is 15.1. The SMILES string of the molecule is C=C/C=C\C(=C/C=C)N(C)C(/C=C\C)=C/C=C. The van der Waals surface area contributed by atoms with Crippen LogP contribution in [0.25, 0.3) is 0 Å². The van der Waals surface area contributed by atoms with Crippen molar-refractivity contribution in [1.82, 2.24) is 4.90 Å². The summed E-state index contributed by atoms with van der Waals surface area (Å²) in [4.78, 5) is 2.06. The van der Waals surface area contributed by atoms with Gasteiger partial charge in [0.25, 0.3) is 0 Å². The van der Waals surface area contributed by atoms with Crippen molar-refractivity contribution >= 4 is 0 Å². The first-order chi connectivity index (χ1) is 8.21. The largest absolute Gasteiger partial charge is 0.345 e. The second-order valence-electron chi connectivity index (χ2n) is 3.31. The Morgan fingerprint density at radius 3 is 1.82 bits per heavy atom. The molecule has 0 amide bonds. The standard InChI is InChI=1S/C16H21N/c1-6-10-14-16(13-9-4)17(5)15(11-7-2)12-8-3/h6-14H,1-2,4H2,3,5H3/b12-8-,14-10-,15-11+,16-13+. The monoisotopic (exact) mass is 227 g/mol. The Balaban J connectivity index is 5.23. The molecule has 0 aliphatic rings. The number of likely N-dealkylation sites (N-methyl/N-ethyl adjacent to an activating group) is 1. The molecular formula is C16H21N. The predicted octanol–water partition coefficient (Wildman–Crippen LogP) is 4.38. The van der Waals surface area contributed by atoms with Crippen LogP contribution in [-0.4, -0.2) is 11.9 Å². The van der Waals surface area contributed by atoms with Gasteiger partial charge in [-0.05, 0) is 31.2 Å². The molecule has 0 fully saturated rings.